The molecule has 1 N–H and O–H groups in total. The highest BCUT2D eigenvalue weighted by Gasteiger charge is 2.28. The summed E-state index contributed by atoms with van der Waals surface area (Å²) in [4.78, 5) is 4.47. The fourth-order valence-corrected chi connectivity index (χ4v) is 2.76. The molecular formula is C14H16FN3OS. The molecule has 0 saturated heterocycles. The number of hydrogen-bond donors (Lipinski definition) is 1. The molecule has 1 unspecified atom stereocenters. The Hall–Kier alpha value is -1.69. The Morgan fingerprint density at radius 3 is 2.90 bits per heavy atom. The minimum Gasteiger partial charge on any atom is -0.494 e. The summed E-state index contributed by atoms with van der Waals surface area (Å²) in [5.41, 5.74) is 0.853. The van der Waals surface area contributed by atoms with Gasteiger partial charge in [-0.15, -0.1) is 0 Å². The predicted molar refractivity (Wildman–Crippen MR) is 76.9 cm³/mol. The number of methoxy groups -OCH3 is 1. The summed E-state index contributed by atoms with van der Waals surface area (Å²) in [5, 5.41) is 4.05. The lowest BCUT2D eigenvalue weighted by atomic mass is 10.1. The van der Waals surface area contributed by atoms with Crippen LogP contribution in [-0.4, -0.2) is 16.5 Å². The summed E-state index contributed by atoms with van der Waals surface area (Å²) in [7, 11) is 1.46. The summed E-state index contributed by atoms with van der Waals surface area (Å²) in [6.45, 7) is 1.97. The third-order valence-electron chi connectivity index (χ3n) is 3.40. The number of benzene rings is 1. The highest BCUT2D eigenvalue weighted by molar-refractivity contribution is 7.09. The van der Waals surface area contributed by atoms with Crippen LogP contribution in [-0.2, 0) is 0 Å². The number of aromatic nitrogens is 2. The van der Waals surface area contributed by atoms with Crippen molar-refractivity contribution < 1.29 is 9.13 Å². The molecule has 6 heteroatoms. The molecule has 1 atom stereocenters. The van der Waals surface area contributed by atoms with Crippen LogP contribution in [0.2, 0.25) is 0 Å². The minimum atomic E-state index is -0.352. The molecule has 1 aromatic heterocycles. The maximum atomic E-state index is 13.7. The van der Waals surface area contributed by atoms with E-state index < -0.39 is 0 Å². The third kappa shape index (κ3) is 2.75. The second-order valence-corrected chi connectivity index (χ2v) is 5.74. The Balaban J connectivity index is 1.71. The first-order chi connectivity index (χ1) is 9.67. The first-order valence-electron chi connectivity index (χ1n) is 6.61. The van der Waals surface area contributed by atoms with Crippen molar-refractivity contribution in [2.75, 3.05) is 12.4 Å². The zero-order chi connectivity index (χ0) is 14.1. The van der Waals surface area contributed by atoms with Gasteiger partial charge in [0.25, 0.3) is 0 Å². The second kappa shape index (κ2) is 5.36. The van der Waals surface area contributed by atoms with E-state index in [1.165, 1.54) is 37.6 Å². The van der Waals surface area contributed by atoms with Crippen molar-refractivity contribution in [3.05, 3.63) is 35.4 Å². The smallest absolute Gasteiger partial charge is 0.203 e. The van der Waals surface area contributed by atoms with E-state index in [0.717, 1.165) is 16.5 Å². The molecule has 1 saturated carbocycles. The quantitative estimate of drug-likeness (QED) is 0.912. The van der Waals surface area contributed by atoms with Gasteiger partial charge in [0.1, 0.15) is 5.82 Å². The first-order valence-corrected chi connectivity index (χ1v) is 7.38. The lowest BCUT2D eigenvalue weighted by molar-refractivity contribution is 0.386. The fraction of sp³-hybridized carbons (Fsp3) is 0.429. The molecule has 2 aromatic rings. The Morgan fingerprint density at radius 2 is 2.25 bits per heavy atom. The molecule has 4 nitrogen and oxygen atoms in total. The summed E-state index contributed by atoms with van der Waals surface area (Å²) in [5.74, 6) is 1.39. The number of hydrogen-bond acceptors (Lipinski definition) is 5. The zero-order valence-electron chi connectivity index (χ0n) is 11.4. The monoisotopic (exact) mass is 293 g/mol. The number of ether oxygens (including phenoxy) is 1. The van der Waals surface area contributed by atoms with Crippen LogP contribution in [0.1, 0.15) is 43.1 Å². The van der Waals surface area contributed by atoms with Crippen LogP contribution in [0, 0.1) is 5.82 Å². The van der Waals surface area contributed by atoms with E-state index in [0.29, 0.717) is 5.92 Å². The van der Waals surface area contributed by atoms with Gasteiger partial charge in [-0.1, -0.05) is 6.07 Å². The predicted octanol–water partition coefficient (Wildman–Crippen LogP) is 3.74. The zero-order valence-corrected chi connectivity index (χ0v) is 12.2. The van der Waals surface area contributed by atoms with Gasteiger partial charge in [-0.05, 0) is 37.5 Å². The van der Waals surface area contributed by atoms with Gasteiger partial charge in [0, 0.05) is 17.5 Å². The normalized spacial score (nSPS) is 15.9. The molecule has 20 heavy (non-hydrogen) atoms. The van der Waals surface area contributed by atoms with Gasteiger partial charge in [0.15, 0.2) is 11.6 Å². The average molecular weight is 293 g/mol. The Morgan fingerprint density at radius 1 is 1.45 bits per heavy atom. The van der Waals surface area contributed by atoms with Crippen molar-refractivity contribution in [2.45, 2.75) is 31.7 Å². The van der Waals surface area contributed by atoms with E-state index in [9.17, 15) is 4.39 Å². The van der Waals surface area contributed by atoms with Crippen molar-refractivity contribution >= 4 is 16.7 Å². The lowest BCUT2D eigenvalue weighted by Gasteiger charge is -2.13. The van der Waals surface area contributed by atoms with Gasteiger partial charge in [0.05, 0.1) is 13.2 Å². The summed E-state index contributed by atoms with van der Waals surface area (Å²) in [6, 6.07) is 4.94. The molecule has 3 rings (SSSR count). The average Bonchev–Trinajstić information content (AvgIpc) is 3.19. The van der Waals surface area contributed by atoms with E-state index in [4.69, 9.17) is 4.74 Å². The van der Waals surface area contributed by atoms with Crippen molar-refractivity contribution in [3.8, 4) is 5.75 Å². The molecule has 1 aromatic carbocycles. The number of nitrogens with zero attached hydrogens (tertiary/aromatic N) is 2. The maximum absolute atomic E-state index is 13.7. The molecule has 1 fully saturated rings. The molecule has 0 amide bonds. The lowest BCUT2D eigenvalue weighted by Crippen LogP contribution is -2.07. The highest BCUT2D eigenvalue weighted by Crippen LogP contribution is 2.39. The van der Waals surface area contributed by atoms with Crippen LogP contribution in [0.4, 0.5) is 9.52 Å². The van der Waals surface area contributed by atoms with Crippen LogP contribution >= 0.6 is 11.5 Å². The van der Waals surface area contributed by atoms with E-state index in [2.05, 4.69) is 14.7 Å². The van der Waals surface area contributed by atoms with Crippen molar-refractivity contribution in [1.82, 2.24) is 9.36 Å². The molecule has 0 aliphatic heterocycles. The molecular weight excluding hydrogens is 277 g/mol. The van der Waals surface area contributed by atoms with E-state index in [1.54, 1.807) is 6.07 Å². The van der Waals surface area contributed by atoms with E-state index in [-0.39, 0.29) is 17.6 Å². The molecule has 0 spiro atoms. The SMILES string of the molecule is COc1ccc(C(C)Nc2nc(C3CC3)ns2)cc1F. The molecule has 0 bridgehead atoms. The topological polar surface area (TPSA) is 47.0 Å². The molecule has 1 aliphatic carbocycles. The summed E-state index contributed by atoms with van der Waals surface area (Å²) < 4.78 is 23.0. The molecule has 106 valence electrons. The fourth-order valence-electron chi connectivity index (χ4n) is 2.02. The van der Waals surface area contributed by atoms with E-state index in [1.807, 2.05) is 13.0 Å². The van der Waals surface area contributed by atoms with Gasteiger partial charge in [-0.2, -0.15) is 4.37 Å². The van der Waals surface area contributed by atoms with Crippen LogP contribution in [0.15, 0.2) is 18.2 Å². The summed E-state index contributed by atoms with van der Waals surface area (Å²) in [6.07, 6.45) is 2.38. The van der Waals surface area contributed by atoms with Crippen LogP contribution in [0.5, 0.6) is 5.75 Å². The van der Waals surface area contributed by atoms with Crippen molar-refractivity contribution in [3.63, 3.8) is 0 Å². The van der Waals surface area contributed by atoms with Crippen LogP contribution in [0.25, 0.3) is 0 Å². The first kappa shape index (κ1) is 13.3. The van der Waals surface area contributed by atoms with Crippen LogP contribution < -0.4 is 10.1 Å². The minimum absolute atomic E-state index is 0.0320. The molecule has 0 radical (unpaired) electrons. The van der Waals surface area contributed by atoms with Gasteiger partial charge >= 0.3 is 0 Å². The number of nitrogens with one attached hydrogen (secondary N) is 1. The number of anilines is 1. The van der Waals surface area contributed by atoms with Gasteiger partial charge in [-0.3, -0.25) is 0 Å². The molecule has 1 aliphatic rings. The second-order valence-electron chi connectivity index (χ2n) is 4.99. The maximum Gasteiger partial charge on any atom is 0.203 e. The largest absolute Gasteiger partial charge is 0.494 e. The third-order valence-corrected chi connectivity index (χ3v) is 4.06. The van der Waals surface area contributed by atoms with Gasteiger partial charge in [-0.25, -0.2) is 9.37 Å². The van der Waals surface area contributed by atoms with Crippen molar-refractivity contribution in [1.29, 1.82) is 0 Å². The van der Waals surface area contributed by atoms with Gasteiger partial charge in [0.2, 0.25) is 5.13 Å². The molecule has 1 heterocycles. The number of rotatable bonds is 5. The highest BCUT2D eigenvalue weighted by atomic mass is 32.1. The number of halogens is 1. The Labute approximate surface area is 121 Å². The summed E-state index contributed by atoms with van der Waals surface area (Å²) >= 11 is 1.36. The van der Waals surface area contributed by atoms with Crippen LogP contribution in [0.3, 0.4) is 0 Å². The Bertz CT molecular complexity index is 612. The van der Waals surface area contributed by atoms with Crippen molar-refractivity contribution in [2.24, 2.45) is 0 Å². The Kier molecular flexibility index (Phi) is 3.56. The van der Waals surface area contributed by atoms with E-state index >= 15 is 0 Å². The standard InChI is InChI=1S/C14H16FN3OS/c1-8(10-5-6-12(19-2)11(15)7-10)16-14-17-13(18-20-14)9-3-4-9/h5-9H,3-4H2,1-2H3,(H,16,17,18). The van der Waals surface area contributed by atoms with Gasteiger partial charge < -0.3 is 10.1 Å².